The number of allylic oxidation sites excluding steroid dienone is 2. The molecule has 1 atom stereocenters. The molecule has 0 saturated carbocycles. The van der Waals surface area contributed by atoms with Crippen LogP contribution in [-0.4, -0.2) is 24.5 Å². The van der Waals surface area contributed by atoms with E-state index in [1.807, 2.05) is 17.5 Å². The second-order valence-electron chi connectivity index (χ2n) is 5.85. The zero-order chi connectivity index (χ0) is 17.7. The van der Waals surface area contributed by atoms with Gasteiger partial charge < -0.3 is 10.6 Å². The Balaban J connectivity index is 2.00. The number of benzene rings is 1. The molecule has 1 aromatic carbocycles. The molecule has 0 aliphatic heterocycles. The highest BCUT2D eigenvalue weighted by atomic mass is 19.4. The maximum atomic E-state index is 12.2. The lowest BCUT2D eigenvalue weighted by Crippen LogP contribution is -2.33. The maximum absolute atomic E-state index is 12.2. The predicted octanol–water partition coefficient (Wildman–Crippen LogP) is 3.58. The van der Waals surface area contributed by atoms with Crippen LogP contribution in [0.3, 0.4) is 0 Å². The minimum Gasteiger partial charge on any atom is -0.343 e. The molecule has 0 aromatic heterocycles. The molecule has 0 heterocycles. The maximum Gasteiger partial charge on any atom is 0.405 e. The largest absolute Gasteiger partial charge is 0.405 e. The van der Waals surface area contributed by atoms with Crippen LogP contribution in [0.25, 0.3) is 0 Å². The number of halogens is 3. The minimum atomic E-state index is -4.47. The van der Waals surface area contributed by atoms with Crippen molar-refractivity contribution in [3.05, 3.63) is 41.5 Å². The third kappa shape index (κ3) is 5.40. The minimum absolute atomic E-state index is 0.0703. The molecule has 0 saturated heterocycles. The van der Waals surface area contributed by atoms with Crippen molar-refractivity contribution in [2.75, 3.05) is 11.9 Å². The average Bonchev–Trinajstić information content (AvgIpc) is 2.99. The van der Waals surface area contributed by atoms with Gasteiger partial charge in [0.2, 0.25) is 5.91 Å². The lowest BCUT2D eigenvalue weighted by molar-refractivity contribution is -0.123. The van der Waals surface area contributed by atoms with Crippen LogP contribution in [0, 0.1) is 12.8 Å². The van der Waals surface area contributed by atoms with Crippen molar-refractivity contribution in [1.29, 1.82) is 0 Å². The van der Waals surface area contributed by atoms with Crippen molar-refractivity contribution in [3.63, 3.8) is 0 Å². The van der Waals surface area contributed by atoms with E-state index in [4.69, 9.17) is 0 Å². The van der Waals surface area contributed by atoms with E-state index in [2.05, 4.69) is 5.32 Å². The van der Waals surface area contributed by atoms with Gasteiger partial charge in [-0.15, -0.1) is 0 Å². The Morgan fingerprint density at radius 2 is 2.04 bits per heavy atom. The zero-order valence-electron chi connectivity index (χ0n) is 13.2. The highest BCUT2D eigenvalue weighted by molar-refractivity contribution is 5.97. The highest BCUT2D eigenvalue weighted by Crippen LogP contribution is 2.22. The van der Waals surface area contributed by atoms with Crippen molar-refractivity contribution in [2.45, 2.75) is 32.4 Å². The fourth-order valence-electron chi connectivity index (χ4n) is 2.49. The molecule has 1 aliphatic carbocycles. The van der Waals surface area contributed by atoms with Crippen LogP contribution in [0.4, 0.5) is 18.9 Å². The first-order chi connectivity index (χ1) is 11.2. The van der Waals surface area contributed by atoms with Crippen molar-refractivity contribution >= 4 is 17.5 Å². The Hall–Kier alpha value is -2.31. The summed E-state index contributed by atoms with van der Waals surface area (Å²) in [6.45, 7) is 0.359. The first kappa shape index (κ1) is 18.0. The molecule has 130 valence electrons. The van der Waals surface area contributed by atoms with Crippen LogP contribution in [0.15, 0.2) is 30.4 Å². The normalized spacial score (nSPS) is 16.9. The van der Waals surface area contributed by atoms with Crippen molar-refractivity contribution in [2.24, 2.45) is 5.92 Å². The number of alkyl halides is 3. The Kier molecular flexibility index (Phi) is 5.64. The fourth-order valence-corrected chi connectivity index (χ4v) is 2.49. The molecule has 4 nitrogen and oxygen atoms in total. The molecule has 2 rings (SSSR count). The summed E-state index contributed by atoms with van der Waals surface area (Å²) in [5.74, 6) is -0.798. The molecule has 0 fully saturated rings. The Bertz CT molecular complexity index is 654. The van der Waals surface area contributed by atoms with Crippen LogP contribution in [0.2, 0.25) is 0 Å². The summed E-state index contributed by atoms with van der Waals surface area (Å²) < 4.78 is 36.5. The number of hydrogen-bond donors (Lipinski definition) is 2. The van der Waals surface area contributed by atoms with Gasteiger partial charge in [-0.25, -0.2) is 0 Å². The molecular formula is C17H19F3N2O2. The molecule has 1 aromatic rings. The molecular weight excluding hydrogens is 321 g/mol. The lowest BCUT2D eigenvalue weighted by atomic mass is 10.0. The molecule has 1 aliphatic rings. The lowest BCUT2D eigenvalue weighted by Gasteiger charge is -2.13. The first-order valence-corrected chi connectivity index (χ1v) is 7.67. The SMILES string of the molecule is Cc1ccc(C(=O)NCC(F)(F)F)cc1NC(=O)C[C@H]1C=CCC1. The number of amides is 2. The van der Waals surface area contributed by atoms with Crippen LogP contribution in [-0.2, 0) is 4.79 Å². The van der Waals surface area contributed by atoms with Crippen molar-refractivity contribution < 1.29 is 22.8 Å². The summed E-state index contributed by atoms with van der Waals surface area (Å²) in [4.78, 5) is 23.9. The molecule has 2 N–H and O–H groups in total. The van der Waals surface area contributed by atoms with Gasteiger partial charge in [0, 0.05) is 17.7 Å². The third-order valence-corrected chi connectivity index (χ3v) is 3.78. The van der Waals surface area contributed by atoms with Gasteiger partial charge >= 0.3 is 6.18 Å². The number of carbonyl (C=O) groups excluding carboxylic acids is 2. The second kappa shape index (κ2) is 7.51. The van der Waals surface area contributed by atoms with Gasteiger partial charge in [0.05, 0.1) is 0 Å². The van der Waals surface area contributed by atoms with Gasteiger partial charge in [-0.3, -0.25) is 9.59 Å². The number of nitrogens with one attached hydrogen (secondary N) is 2. The van der Waals surface area contributed by atoms with E-state index in [0.29, 0.717) is 12.1 Å². The highest BCUT2D eigenvalue weighted by Gasteiger charge is 2.28. The van der Waals surface area contributed by atoms with E-state index in [1.165, 1.54) is 12.1 Å². The summed E-state index contributed by atoms with van der Waals surface area (Å²) in [6.07, 6.45) is 1.83. The van der Waals surface area contributed by atoms with Gasteiger partial charge in [-0.2, -0.15) is 13.2 Å². The van der Waals surface area contributed by atoms with Gasteiger partial charge in [-0.05, 0) is 43.4 Å². The first-order valence-electron chi connectivity index (χ1n) is 7.67. The van der Waals surface area contributed by atoms with Crippen molar-refractivity contribution in [1.82, 2.24) is 5.32 Å². The molecule has 0 spiro atoms. The van der Waals surface area contributed by atoms with Gasteiger partial charge in [0.25, 0.3) is 5.91 Å². The Labute approximate surface area is 138 Å². The standard InChI is InChI=1S/C17H19F3N2O2/c1-11-6-7-13(16(24)21-10-17(18,19)20)9-14(11)22-15(23)8-12-4-2-3-5-12/h2,4,6-7,9,12H,3,5,8,10H2,1H3,(H,21,24)(H,22,23)/t12-/m0/s1. The molecule has 2 amide bonds. The smallest absolute Gasteiger partial charge is 0.343 e. The topological polar surface area (TPSA) is 58.2 Å². The van der Waals surface area contributed by atoms with Gasteiger partial charge in [0.1, 0.15) is 6.54 Å². The molecule has 0 radical (unpaired) electrons. The number of anilines is 1. The van der Waals surface area contributed by atoms with Crippen LogP contribution < -0.4 is 10.6 Å². The predicted molar refractivity (Wildman–Crippen MR) is 84.7 cm³/mol. The number of carbonyl (C=O) groups is 2. The van der Waals surface area contributed by atoms with Crippen LogP contribution in [0.5, 0.6) is 0 Å². The number of hydrogen-bond acceptors (Lipinski definition) is 2. The Morgan fingerprint density at radius 3 is 2.67 bits per heavy atom. The summed E-state index contributed by atoms with van der Waals surface area (Å²) >= 11 is 0. The molecule has 0 bridgehead atoms. The second-order valence-corrected chi connectivity index (χ2v) is 5.85. The quantitative estimate of drug-likeness (QED) is 0.805. The Morgan fingerprint density at radius 1 is 1.29 bits per heavy atom. The van der Waals surface area contributed by atoms with E-state index in [0.717, 1.165) is 18.4 Å². The van der Waals surface area contributed by atoms with Crippen molar-refractivity contribution in [3.8, 4) is 0 Å². The van der Waals surface area contributed by atoms with Crippen LogP contribution in [0.1, 0.15) is 35.2 Å². The van der Waals surface area contributed by atoms with Gasteiger partial charge in [0.15, 0.2) is 0 Å². The fraction of sp³-hybridized carbons (Fsp3) is 0.412. The molecule has 24 heavy (non-hydrogen) atoms. The van der Waals surface area contributed by atoms with E-state index in [9.17, 15) is 22.8 Å². The summed E-state index contributed by atoms with van der Waals surface area (Å²) in [5.41, 5.74) is 1.24. The monoisotopic (exact) mass is 340 g/mol. The van der Waals surface area contributed by atoms with E-state index in [-0.39, 0.29) is 17.4 Å². The summed E-state index contributed by atoms with van der Waals surface area (Å²) in [7, 11) is 0. The summed E-state index contributed by atoms with van der Waals surface area (Å²) in [6, 6.07) is 4.41. The van der Waals surface area contributed by atoms with E-state index in [1.54, 1.807) is 13.0 Å². The van der Waals surface area contributed by atoms with Crippen LogP contribution >= 0.6 is 0 Å². The molecule has 0 unspecified atom stereocenters. The summed E-state index contributed by atoms with van der Waals surface area (Å²) in [5, 5.41) is 4.54. The number of aryl methyl sites for hydroxylation is 1. The number of rotatable bonds is 5. The zero-order valence-corrected chi connectivity index (χ0v) is 13.2. The third-order valence-electron chi connectivity index (χ3n) is 3.78. The van der Waals surface area contributed by atoms with E-state index >= 15 is 0 Å². The van der Waals surface area contributed by atoms with E-state index < -0.39 is 18.6 Å². The van der Waals surface area contributed by atoms with Gasteiger partial charge in [-0.1, -0.05) is 18.2 Å². The molecule has 7 heteroatoms. The average molecular weight is 340 g/mol.